The van der Waals surface area contributed by atoms with E-state index >= 15 is 0 Å². The number of aromatic nitrogens is 2. The lowest BCUT2D eigenvalue weighted by molar-refractivity contribution is -0.115. The van der Waals surface area contributed by atoms with Crippen molar-refractivity contribution in [2.75, 3.05) is 0 Å². The highest BCUT2D eigenvalue weighted by Gasteiger charge is 1.97. The summed E-state index contributed by atoms with van der Waals surface area (Å²) in [6, 6.07) is 8.05. The lowest BCUT2D eigenvalue weighted by atomic mass is 10.1. The number of aryl methyl sites for hydroxylation is 1. The summed E-state index contributed by atoms with van der Waals surface area (Å²) in [5.41, 5.74) is 2.25. The monoisotopic (exact) mass is 226 g/mol. The summed E-state index contributed by atoms with van der Waals surface area (Å²) in [5, 5.41) is 0. The maximum absolute atomic E-state index is 11.6. The third-order valence-corrected chi connectivity index (χ3v) is 2.44. The lowest BCUT2D eigenvalue weighted by Gasteiger charge is -1.97. The Bertz CT molecular complexity index is 510. The molecule has 1 aromatic carbocycles. The van der Waals surface area contributed by atoms with Crippen LogP contribution in [0.15, 0.2) is 49.1 Å². The first-order chi connectivity index (χ1) is 8.24. The number of hydrogen-bond acceptors (Lipinski definition) is 2. The summed E-state index contributed by atoms with van der Waals surface area (Å²) in [6.07, 6.45) is 8.51. The van der Waals surface area contributed by atoms with Crippen LogP contribution in [0.3, 0.4) is 0 Å². The maximum Gasteiger partial charge on any atom is 0.175 e. The molecule has 0 aliphatic heterocycles. The van der Waals surface area contributed by atoms with Crippen LogP contribution in [0.2, 0.25) is 0 Å². The molecule has 0 aliphatic rings. The summed E-state index contributed by atoms with van der Waals surface area (Å²) in [4.78, 5) is 15.5. The van der Waals surface area contributed by atoms with Gasteiger partial charge < -0.3 is 4.57 Å². The Hall–Kier alpha value is -2.16. The largest absolute Gasteiger partial charge is 0.330 e. The molecular weight excluding hydrogens is 212 g/mol. The molecule has 0 fully saturated rings. The minimum atomic E-state index is 0.0589. The first kappa shape index (κ1) is 11.3. The molecule has 2 aromatic rings. The van der Waals surface area contributed by atoms with Gasteiger partial charge in [0, 0.05) is 12.4 Å². The molecule has 17 heavy (non-hydrogen) atoms. The highest BCUT2D eigenvalue weighted by Crippen LogP contribution is 2.05. The number of nitrogens with zero attached hydrogens (tertiary/aromatic N) is 2. The zero-order valence-electron chi connectivity index (χ0n) is 9.71. The van der Waals surface area contributed by atoms with E-state index in [0.29, 0.717) is 6.54 Å². The first-order valence-corrected chi connectivity index (χ1v) is 5.47. The Morgan fingerprint density at radius 2 is 2.12 bits per heavy atom. The Labute approximate surface area is 100 Å². The van der Waals surface area contributed by atoms with E-state index in [4.69, 9.17) is 0 Å². The molecule has 0 saturated carbocycles. The quantitative estimate of drug-likeness (QED) is 0.751. The zero-order chi connectivity index (χ0) is 12.1. The smallest absolute Gasteiger partial charge is 0.175 e. The molecule has 0 unspecified atom stereocenters. The van der Waals surface area contributed by atoms with E-state index in [-0.39, 0.29) is 5.78 Å². The number of rotatable bonds is 4. The van der Waals surface area contributed by atoms with Crippen molar-refractivity contribution in [3.05, 3.63) is 60.2 Å². The van der Waals surface area contributed by atoms with E-state index < -0.39 is 0 Å². The van der Waals surface area contributed by atoms with Gasteiger partial charge in [-0.15, -0.1) is 0 Å². The molecule has 0 saturated heterocycles. The Balaban J connectivity index is 1.96. The van der Waals surface area contributed by atoms with E-state index in [1.807, 2.05) is 37.3 Å². The summed E-state index contributed by atoms with van der Waals surface area (Å²) in [5.74, 6) is 0.0589. The van der Waals surface area contributed by atoms with E-state index in [2.05, 4.69) is 4.98 Å². The number of carbonyl (C=O) groups excluding carboxylic acids is 1. The molecule has 3 nitrogen and oxygen atoms in total. The van der Waals surface area contributed by atoms with Gasteiger partial charge in [-0.3, -0.25) is 4.79 Å². The molecule has 0 bridgehead atoms. The lowest BCUT2D eigenvalue weighted by Crippen LogP contribution is -2.04. The van der Waals surface area contributed by atoms with Crippen LogP contribution < -0.4 is 0 Å². The highest BCUT2D eigenvalue weighted by molar-refractivity contribution is 5.93. The first-order valence-electron chi connectivity index (χ1n) is 5.47. The van der Waals surface area contributed by atoms with E-state index in [1.54, 1.807) is 29.4 Å². The van der Waals surface area contributed by atoms with Gasteiger partial charge in [0.15, 0.2) is 5.78 Å². The molecule has 3 heteroatoms. The standard InChI is InChI=1S/C14H14N2O/c1-12-2-4-13(5-3-12)6-7-14(17)10-16-9-8-15-11-16/h2-9,11H,10H2,1H3. The Kier molecular flexibility index (Phi) is 3.50. The number of hydrogen-bond donors (Lipinski definition) is 0. The summed E-state index contributed by atoms with van der Waals surface area (Å²) >= 11 is 0. The van der Waals surface area contributed by atoms with Crippen molar-refractivity contribution in [3.8, 4) is 0 Å². The van der Waals surface area contributed by atoms with Crippen LogP contribution in [-0.4, -0.2) is 15.3 Å². The number of carbonyl (C=O) groups is 1. The van der Waals surface area contributed by atoms with E-state index in [1.165, 1.54) is 5.56 Å². The molecule has 86 valence electrons. The molecule has 2 rings (SSSR count). The molecule has 0 spiro atoms. The molecule has 1 heterocycles. The third-order valence-electron chi connectivity index (χ3n) is 2.44. The Morgan fingerprint density at radius 3 is 2.76 bits per heavy atom. The van der Waals surface area contributed by atoms with Crippen LogP contribution in [0.4, 0.5) is 0 Å². The van der Waals surface area contributed by atoms with Gasteiger partial charge in [-0.2, -0.15) is 0 Å². The van der Waals surface area contributed by atoms with Crippen molar-refractivity contribution in [2.24, 2.45) is 0 Å². The number of allylic oxidation sites excluding steroid dienone is 1. The van der Waals surface area contributed by atoms with Gasteiger partial charge in [-0.1, -0.05) is 35.9 Å². The predicted octanol–water partition coefficient (Wildman–Crippen LogP) is 2.47. The molecule has 1 aromatic heterocycles. The van der Waals surface area contributed by atoms with Gasteiger partial charge >= 0.3 is 0 Å². The zero-order valence-corrected chi connectivity index (χ0v) is 9.71. The van der Waals surface area contributed by atoms with Gasteiger partial charge in [0.2, 0.25) is 0 Å². The van der Waals surface area contributed by atoms with Crippen molar-refractivity contribution in [3.63, 3.8) is 0 Å². The summed E-state index contributed by atoms with van der Waals surface area (Å²) < 4.78 is 1.75. The summed E-state index contributed by atoms with van der Waals surface area (Å²) in [6.45, 7) is 2.38. The van der Waals surface area contributed by atoms with E-state index in [9.17, 15) is 4.79 Å². The minimum Gasteiger partial charge on any atom is -0.330 e. The van der Waals surface area contributed by atoms with Crippen molar-refractivity contribution in [1.29, 1.82) is 0 Å². The Morgan fingerprint density at radius 1 is 1.35 bits per heavy atom. The number of imidazole rings is 1. The van der Waals surface area contributed by atoms with Gasteiger partial charge in [0.05, 0.1) is 12.9 Å². The van der Waals surface area contributed by atoms with Crippen molar-refractivity contribution in [1.82, 2.24) is 9.55 Å². The van der Waals surface area contributed by atoms with Gasteiger partial charge in [-0.25, -0.2) is 4.98 Å². The van der Waals surface area contributed by atoms with Crippen LogP contribution in [0.25, 0.3) is 6.08 Å². The summed E-state index contributed by atoms with van der Waals surface area (Å²) in [7, 11) is 0. The van der Waals surface area contributed by atoms with Gasteiger partial charge in [0.25, 0.3) is 0 Å². The van der Waals surface area contributed by atoms with Crippen LogP contribution in [0.1, 0.15) is 11.1 Å². The fourth-order valence-corrected chi connectivity index (χ4v) is 1.48. The van der Waals surface area contributed by atoms with Crippen LogP contribution in [-0.2, 0) is 11.3 Å². The maximum atomic E-state index is 11.6. The normalized spacial score (nSPS) is 10.9. The van der Waals surface area contributed by atoms with Gasteiger partial charge in [-0.05, 0) is 18.6 Å². The number of benzene rings is 1. The van der Waals surface area contributed by atoms with Crippen LogP contribution >= 0.6 is 0 Å². The SMILES string of the molecule is Cc1ccc(C=CC(=O)Cn2ccnc2)cc1. The van der Waals surface area contributed by atoms with Gasteiger partial charge in [0.1, 0.15) is 0 Å². The predicted molar refractivity (Wildman–Crippen MR) is 67.4 cm³/mol. The minimum absolute atomic E-state index is 0.0589. The van der Waals surface area contributed by atoms with Crippen molar-refractivity contribution < 1.29 is 4.79 Å². The third kappa shape index (κ3) is 3.41. The second kappa shape index (κ2) is 5.25. The fourth-order valence-electron chi connectivity index (χ4n) is 1.48. The van der Waals surface area contributed by atoms with Crippen LogP contribution in [0, 0.1) is 6.92 Å². The average molecular weight is 226 g/mol. The van der Waals surface area contributed by atoms with E-state index in [0.717, 1.165) is 5.56 Å². The molecule has 0 atom stereocenters. The fraction of sp³-hybridized carbons (Fsp3) is 0.143. The molecule has 0 amide bonds. The second-order valence-corrected chi connectivity index (χ2v) is 3.95. The number of ketones is 1. The van der Waals surface area contributed by atoms with Crippen molar-refractivity contribution in [2.45, 2.75) is 13.5 Å². The molecular formula is C14H14N2O. The molecule has 0 N–H and O–H groups in total. The topological polar surface area (TPSA) is 34.9 Å². The molecule has 0 radical (unpaired) electrons. The second-order valence-electron chi connectivity index (χ2n) is 3.95. The van der Waals surface area contributed by atoms with Crippen LogP contribution in [0.5, 0.6) is 0 Å². The van der Waals surface area contributed by atoms with Crippen molar-refractivity contribution >= 4 is 11.9 Å². The average Bonchev–Trinajstić information content (AvgIpc) is 2.81. The highest BCUT2D eigenvalue weighted by atomic mass is 16.1. The molecule has 0 aliphatic carbocycles.